The van der Waals surface area contributed by atoms with Crippen molar-refractivity contribution in [1.29, 1.82) is 0 Å². The van der Waals surface area contributed by atoms with Crippen LogP contribution in [0.3, 0.4) is 0 Å². The molecule has 1 rings (SSSR count). The van der Waals surface area contributed by atoms with E-state index in [4.69, 9.17) is 17.3 Å². The lowest BCUT2D eigenvalue weighted by atomic mass is 9.90. The first-order chi connectivity index (χ1) is 9.53. The minimum absolute atomic E-state index is 0.0743. The highest BCUT2D eigenvalue weighted by molar-refractivity contribution is 7.89. The van der Waals surface area contributed by atoms with E-state index in [-0.39, 0.29) is 28.1 Å². The zero-order valence-electron chi connectivity index (χ0n) is 12.0. The number of nitrogens with one attached hydrogen (secondary N) is 1. The molecule has 0 heterocycles. The first kappa shape index (κ1) is 17.8. The van der Waals surface area contributed by atoms with E-state index in [1.807, 2.05) is 13.8 Å². The number of hydrogen-bond donors (Lipinski definition) is 2. The summed E-state index contributed by atoms with van der Waals surface area (Å²) >= 11 is 5.86. The smallest absolute Gasteiger partial charge is 0.270 e. The first-order valence-corrected chi connectivity index (χ1v) is 8.07. The Balaban J connectivity index is 3.31. The summed E-state index contributed by atoms with van der Waals surface area (Å²) in [6.45, 7) is 5.39. The molecule has 21 heavy (non-hydrogen) atoms. The summed E-state index contributed by atoms with van der Waals surface area (Å²) in [6.07, 6.45) is 0. The number of nitrogens with two attached hydrogens (primary N) is 1. The molecule has 0 saturated heterocycles. The molecule has 9 heteroatoms. The number of nitro groups is 1. The van der Waals surface area contributed by atoms with Gasteiger partial charge in [0, 0.05) is 24.2 Å². The lowest BCUT2D eigenvalue weighted by Gasteiger charge is -2.33. The first-order valence-electron chi connectivity index (χ1n) is 6.21. The Labute approximate surface area is 128 Å². The number of sulfonamides is 1. The molecule has 3 N–H and O–H groups in total. The van der Waals surface area contributed by atoms with Crippen molar-refractivity contribution in [2.75, 3.05) is 6.54 Å². The summed E-state index contributed by atoms with van der Waals surface area (Å²) in [5.41, 5.74) is 4.41. The highest BCUT2D eigenvalue weighted by Crippen LogP contribution is 2.28. The molecule has 0 radical (unpaired) electrons. The highest BCUT2D eigenvalue weighted by atomic mass is 35.5. The molecule has 1 aromatic rings. The maximum Gasteiger partial charge on any atom is 0.270 e. The molecule has 1 aromatic carbocycles. The van der Waals surface area contributed by atoms with Gasteiger partial charge in [-0.1, -0.05) is 25.4 Å². The number of hydrogen-bond acceptors (Lipinski definition) is 5. The third kappa shape index (κ3) is 3.91. The van der Waals surface area contributed by atoms with Crippen LogP contribution in [-0.2, 0) is 10.0 Å². The van der Waals surface area contributed by atoms with Crippen molar-refractivity contribution < 1.29 is 13.3 Å². The maximum absolute atomic E-state index is 12.4. The second kappa shape index (κ2) is 6.27. The van der Waals surface area contributed by atoms with Crippen LogP contribution in [0.25, 0.3) is 0 Å². The summed E-state index contributed by atoms with van der Waals surface area (Å²) in [5.74, 6) is -0.0743. The monoisotopic (exact) mass is 335 g/mol. The largest absolute Gasteiger partial charge is 0.329 e. The van der Waals surface area contributed by atoms with E-state index in [0.29, 0.717) is 0 Å². The fourth-order valence-corrected chi connectivity index (χ4v) is 3.63. The van der Waals surface area contributed by atoms with Crippen LogP contribution in [0, 0.1) is 16.0 Å². The van der Waals surface area contributed by atoms with E-state index in [2.05, 4.69) is 4.72 Å². The predicted molar refractivity (Wildman–Crippen MR) is 80.7 cm³/mol. The van der Waals surface area contributed by atoms with Gasteiger partial charge in [0.2, 0.25) is 10.0 Å². The van der Waals surface area contributed by atoms with Gasteiger partial charge < -0.3 is 5.73 Å². The van der Waals surface area contributed by atoms with Crippen LogP contribution in [0.4, 0.5) is 5.69 Å². The van der Waals surface area contributed by atoms with Crippen molar-refractivity contribution >= 4 is 27.3 Å². The van der Waals surface area contributed by atoms with Crippen LogP contribution in [0.1, 0.15) is 20.8 Å². The Hall–Kier alpha value is -1.22. The Morgan fingerprint density at radius 1 is 1.48 bits per heavy atom. The number of non-ortho nitro benzene ring substituents is 1. The van der Waals surface area contributed by atoms with Crippen LogP contribution in [0.5, 0.6) is 0 Å². The summed E-state index contributed by atoms with van der Waals surface area (Å²) in [5, 5.41) is 10.7. The SMILES string of the molecule is CC(C)C(C)(CN)NS(=O)(=O)c1cc([N+](=O)[O-])ccc1Cl. The third-order valence-corrected chi connectivity index (χ3v) is 5.57. The molecule has 1 unspecified atom stereocenters. The molecule has 0 fully saturated rings. The van der Waals surface area contributed by atoms with E-state index < -0.39 is 20.5 Å². The molecule has 0 aliphatic rings. The molecular weight excluding hydrogens is 318 g/mol. The Morgan fingerprint density at radius 3 is 2.48 bits per heavy atom. The minimum Gasteiger partial charge on any atom is -0.329 e. The fourth-order valence-electron chi connectivity index (χ4n) is 1.57. The van der Waals surface area contributed by atoms with Crippen molar-refractivity contribution in [2.24, 2.45) is 11.7 Å². The summed E-state index contributed by atoms with van der Waals surface area (Å²) in [6, 6.07) is 3.26. The van der Waals surface area contributed by atoms with Gasteiger partial charge in [0.05, 0.1) is 9.95 Å². The van der Waals surface area contributed by atoms with Crippen molar-refractivity contribution in [3.8, 4) is 0 Å². The van der Waals surface area contributed by atoms with E-state index in [1.165, 1.54) is 6.07 Å². The van der Waals surface area contributed by atoms with Gasteiger partial charge in [-0.05, 0) is 18.9 Å². The van der Waals surface area contributed by atoms with Gasteiger partial charge >= 0.3 is 0 Å². The molecule has 0 spiro atoms. The van der Waals surface area contributed by atoms with Crippen LogP contribution in [0.15, 0.2) is 23.1 Å². The quantitative estimate of drug-likeness (QED) is 0.608. The van der Waals surface area contributed by atoms with Gasteiger partial charge in [-0.15, -0.1) is 0 Å². The average molecular weight is 336 g/mol. The van der Waals surface area contributed by atoms with Gasteiger partial charge in [-0.25, -0.2) is 13.1 Å². The topological polar surface area (TPSA) is 115 Å². The zero-order valence-corrected chi connectivity index (χ0v) is 13.5. The second-order valence-electron chi connectivity index (χ2n) is 5.25. The number of rotatable bonds is 6. The molecule has 0 aliphatic carbocycles. The molecular formula is C12H18ClN3O4S. The van der Waals surface area contributed by atoms with E-state index in [0.717, 1.165) is 12.1 Å². The van der Waals surface area contributed by atoms with E-state index in [9.17, 15) is 18.5 Å². The van der Waals surface area contributed by atoms with Gasteiger partial charge in [-0.3, -0.25) is 10.1 Å². The van der Waals surface area contributed by atoms with E-state index >= 15 is 0 Å². The predicted octanol–water partition coefficient (Wildman–Crippen LogP) is 1.90. The summed E-state index contributed by atoms with van der Waals surface area (Å²) in [4.78, 5) is 9.75. The van der Waals surface area contributed by atoms with Crippen LogP contribution in [0.2, 0.25) is 5.02 Å². The van der Waals surface area contributed by atoms with Crippen molar-refractivity contribution in [3.05, 3.63) is 33.3 Å². The molecule has 0 saturated carbocycles. The maximum atomic E-state index is 12.4. The molecule has 118 valence electrons. The molecule has 7 nitrogen and oxygen atoms in total. The molecule has 0 aromatic heterocycles. The van der Waals surface area contributed by atoms with Crippen molar-refractivity contribution in [2.45, 2.75) is 31.2 Å². The standard InChI is InChI=1S/C12H18ClN3O4S/c1-8(2)12(3,7-14)15-21(19,20)11-6-9(16(17)18)4-5-10(11)13/h4-6,8,15H,7,14H2,1-3H3. The number of nitro benzene ring substituents is 1. The highest BCUT2D eigenvalue weighted by Gasteiger charge is 2.34. The third-order valence-electron chi connectivity index (χ3n) is 3.48. The van der Waals surface area contributed by atoms with Crippen molar-refractivity contribution in [3.63, 3.8) is 0 Å². The van der Waals surface area contributed by atoms with Gasteiger partial charge in [0.15, 0.2) is 0 Å². The number of nitrogens with zero attached hydrogens (tertiary/aromatic N) is 1. The van der Waals surface area contributed by atoms with Crippen LogP contribution in [-0.4, -0.2) is 25.4 Å². The normalized spacial score (nSPS) is 15.0. The minimum atomic E-state index is -4.03. The molecule has 0 bridgehead atoms. The van der Waals surface area contributed by atoms with E-state index in [1.54, 1.807) is 6.92 Å². The lowest BCUT2D eigenvalue weighted by Crippen LogP contribution is -2.54. The molecule has 0 amide bonds. The fraction of sp³-hybridized carbons (Fsp3) is 0.500. The zero-order chi connectivity index (χ0) is 16.4. The lowest BCUT2D eigenvalue weighted by molar-refractivity contribution is -0.385. The molecule has 0 aliphatic heterocycles. The van der Waals surface area contributed by atoms with Gasteiger partial charge in [-0.2, -0.15) is 0 Å². The summed E-state index contributed by atoms with van der Waals surface area (Å²) in [7, 11) is -4.03. The number of halogens is 1. The van der Waals surface area contributed by atoms with Crippen LogP contribution < -0.4 is 10.5 Å². The van der Waals surface area contributed by atoms with Crippen molar-refractivity contribution in [1.82, 2.24) is 4.72 Å². The van der Waals surface area contributed by atoms with Gasteiger partial charge in [0.25, 0.3) is 5.69 Å². The average Bonchev–Trinajstić information content (AvgIpc) is 2.37. The summed E-state index contributed by atoms with van der Waals surface area (Å²) < 4.78 is 27.3. The number of benzene rings is 1. The Morgan fingerprint density at radius 2 is 2.05 bits per heavy atom. The molecule has 1 atom stereocenters. The Kier molecular flexibility index (Phi) is 5.32. The van der Waals surface area contributed by atoms with Crippen LogP contribution >= 0.6 is 11.6 Å². The van der Waals surface area contributed by atoms with Gasteiger partial charge in [0.1, 0.15) is 4.90 Å². The second-order valence-corrected chi connectivity index (χ2v) is 7.31. The Bertz CT molecular complexity index is 648.